The largest absolute Gasteiger partial charge is 0.398 e. The monoisotopic (exact) mass is 384 g/mol. The van der Waals surface area contributed by atoms with Crippen LogP contribution in [0.15, 0.2) is 45.8 Å². The van der Waals surface area contributed by atoms with E-state index < -0.39 is 0 Å². The van der Waals surface area contributed by atoms with E-state index in [1.54, 1.807) is 12.1 Å². The molecule has 0 atom stereocenters. The van der Waals surface area contributed by atoms with Gasteiger partial charge in [-0.05, 0) is 42.8 Å². The summed E-state index contributed by atoms with van der Waals surface area (Å²) in [7, 11) is 0. The van der Waals surface area contributed by atoms with E-state index in [2.05, 4.69) is 21.2 Å². The summed E-state index contributed by atoms with van der Waals surface area (Å²) in [5.74, 6) is 0.148. The number of nitrogens with two attached hydrogens (primary N) is 1. The van der Waals surface area contributed by atoms with Crippen LogP contribution in [-0.4, -0.2) is 11.7 Å². The molecule has 3 nitrogen and oxygen atoms in total. The number of hydrogen-bond donors (Lipinski definition) is 2. The topological polar surface area (TPSA) is 55.1 Å². The van der Waals surface area contributed by atoms with Gasteiger partial charge in [-0.1, -0.05) is 33.6 Å². The molecule has 1 amide bonds. The Morgan fingerprint density at radius 3 is 2.81 bits per heavy atom. The standard InChI is InChI=1S/C15H14BrClN2OS/c1-9-2-5-13(11(17)6-9)19-15(20)8-21-14-7-10(16)3-4-12(14)18/h2-7H,8,18H2,1H3,(H,19,20). The van der Waals surface area contributed by atoms with Crippen LogP contribution in [0.3, 0.4) is 0 Å². The fraction of sp³-hybridized carbons (Fsp3) is 0.133. The van der Waals surface area contributed by atoms with Crippen molar-refractivity contribution >= 4 is 56.6 Å². The molecule has 0 aliphatic rings. The quantitative estimate of drug-likeness (QED) is 0.591. The molecule has 0 bridgehead atoms. The molecule has 0 spiro atoms. The number of nitrogen functional groups attached to an aromatic ring is 1. The van der Waals surface area contributed by atoms with Crippen molar-refractivity contribution in [3.8, 4) is 0 Å². The second kappa shape index (κ2) is 7.20. The predicted octanol–water partition coefficient (Wildman–Crippen LogP) is 4.72. The maximum atomic E-state index is 12.0. The highest BCUT2D eigenvalue weighted by atomic mass is 79.9. The Hall–Kier alpha value is -1.17. The Bertz CT molecular complexity index is 679. The third kappa shape index (κ3) is 4.66. The van der Waals surface area contributed by atoms with Crippen molar-refractivity contribution in [1.82, 2.24) is 0 Å². The van der Waals surface area contributed by atoms with Crippen LogP contribution in [0.2, 0.25) is 5.02 Å². The molecule has 0 unspecified atom stereocenters. The van der Waals surface area contributed by atoms with Crippen molar-refractivity contribution in [1.29, 1.82) is 0 Å². The Kier molecular flexibility index (Phi) is 5.56. The van der Waals surface area contributed by atoms with Gasteiger partial charge in [-0.2, -0.15) is 0 Å². The maximum absolute atomic E-state index is 12.0. The van der Waals surface area contributed by atoms with E-state index in [1.807, 2.05) is 31.2 Å². The Morgan fingerprint density at radius 2 is 2.10 bits per heavy atom. The highest BCUT2D eigenvalue weighted by Crippen LogP contribution is 2.29. The number of hydrogen-bond acceptors (Lipinski definition) is 3. The lowest BCUT2D eigenvalue weighted by molar-refractivity contribution is -0.113. The van der Waals surface area contributed by atoms with Crippen molar-refractivity contribution in [3.05, 3.63) is 51.5 Å². The zero-order valence-electron chi connectivity index (χ0n) is 11.3. The number of halogens is 2. The van der Waals surface area contributed by atoms with Crippen molar-refractivity contribution in [3.63, 3.8) is 0 Å². The predicted molar refractivity (Wildman–Crippen MR) is 94.1 cm³/mol. The van der Waals surface area contributed by atoms with Crippen LogP contribution in [0, 0.1) is 6.92 Å². The molecule has 2 aromatic rings. The third-order valence-electron chi connectivity index (χ3n) is 2.73. The molecule has 6 heteroatoms. The molecule has 0 saturated heterocycles. The second-order valence-electron chi connectivity index (χ2n) is 4.50. The van der Waals surface area contributed by atoms with E-state index in [0.29, 0.717) is 16.4 Å². The van der Waals surface area contributed by atoms with Crippen LogP contribution in [-0.2, 0) is 4.79 Å². The molecular weight excluding hydrogens is 372 g/mol. The molecule has 21 heavy (non-hydrogen) atoms. The Morgan fingerprint density at radius 1 is 1.33 bits per heavy atom. The average molecular weight is 386 g/mol. The Balaban J connectivity index is 1.97. The van der Waals surface area contributed by atoms with E-state index in [9.17, 15) is 4.79 Å². The summed E-state index contributed by atoms with van der Waals surface area (Å²) >= 11 is 10.9. The minimum Gasteiger partial charge on any atom is -0.398 e. The lowest BCUT2D eigenvalue weighted by Gasteiger charge is -2.09. The van der Waals surface area contributed by atoms with E-state index in [4.69, 9.17) is 17.3 Å². The number of benzene rings is 2. The van der Waals surface area contributed by atoms with Crippen LogP contribution >= 0.6 is 39.3 Å². The van der Waals surface area contributed by atoms with Crippen LogP contribution in [0.1, 0.15) is 5.56 Å². The van der Waals surface area contributed by atoms with Crippen LogP contribution in [0.4, 0.5) is 11.4 Å². The normalized spacial score (nSPS) is 10.4. The van der Waals surface area contributed by atoms with Gasteiger partial charge in [0, 0.05) is 15.1 Å². The average Bonchev–Trinajstić information content (AvgIpc) is 2.43. The van der Waals surface area contributed by atoms with Crippen LogP contribution in [0.5, 0.6) is 0 Å². The van der Waals surface area contributed by atoms with Gasteiger partial charge in [-0.3, -0.25) is 4.79 Å². The summed E-state index contributed by atoms with van der Waals surface area (Å²) in [4.78, 5) is 12.8. The molecule has 0 aromatic heterocycles. The molecule has 3 N–H and O–H groups in total. The lowest BCUT2D eigenvalue weighted by atomic mass is 10.2. The van der Waals surface area contributed by atoms with Gasteiger partial charge in [0.1, 0.15) is 0 Å². The number of carbonyl (C=O) groups is 1. The van der Waals surface area contributed by atoms with Gasteiger partial charge in [0.05, 0.1) is 16.5 Å². The number of carbonyl (C=O) groups excluding carboxylic acids is 1. The smallest absolute Gasteiger partial charge is 0.234 e. The summed E-state index contributed by atoms with van der Waals surface area (Å²) in [5, 5.41) is 3.33. The van der Waals surface area contributed by atoms with Gasteiger partial charge in [0.2, 0.25) is 5.91 Å². The van der Waals surface area contributed by atoms with Crippen molar-refractivity contribution in [2.75, 3.05) is 16.8 Å². The molecule has 110 valence electrons. The fourth-order valence-corrected chi connectivity index (χ4v) is 3.28. The van der Waals surface area contributed by atoms with E-state index in [-0.39, 0.29) is 11.7 Å². The van der Waals surface area contributed by atoms with Gasteiger partial charge in [0.25, 0.3) is 0 Å². The summed E-state index contributed by atoms with van der Waals surface area (Å²) < 4.78 is 0.932. The van der Waals surface area contributed by atoms with Gasteiger partial charge in [-0.25, -0.2) is 0 Å². The lowest BCUT2D eigenvalue weighted by Crippen LogP contribution is -2.14. The number of amides is 1. The summed E-state index contributed by atoms with van der Waals surface area (Å²) in [6, 6.07) is 11.1. The molecule has 2 aromatic carbocycles. The minimum absolute atomic E-state index is 0.120. The highest BCUT2D eigenvalue weighted by molar-refractivity contribution is 9.10. The minimum atomic E-state index is -0.120. The Labute approximate surface area is 141 Å². The summed E-state index contributed by atoms with van der Waals surface area (Å²) in [5.41, 5.74) is 8.20. The van der Waals surface area contributed by atoms with Crippen LogP contribution in [0.25, 0.3) is 0 Å². The molecule has 0 saturated carbocycles. The zero-order chi connectivity index (χ0) is 15.4. The molecule has 0 radical (unpaired) electrons. The molecule has 0 heterocycles. The third-order valence-corrected chi connectivity index (χ3v) is 4.61. The van der Waals surface area contributed by atoms with E-state index >= 15 is 0 Å². The van der Waals surface area contributed by atoms with Crippen molar-refractivity contribution in [2.24, 2.45) is 0 Å². The first-order chi connectivity index (χ1) is 9.95. The summed E-state index contributed by atoms with van der Waals surface area (Å²) in [6.45, 7) is 1.95. The van der Waals surface area contributed by atoms with Gasteiger partial charge in [0.15, 0.2) is 0 Å². The number of aryl methyl sites for hydroxylation is 1. The first kappa shape index (κ1) is 16.2. The molecule has 0 aliphatic heterocycles. The number of anilines is 2. The highest BCUT2D eigenvalue weighted by Gasteiger charge is 2.08. The van der Waals surface area contributed by atoms with E-state index in [1.165, 1.54) is 11.8 Å². The molecule has 0 aliphatic carbocycles. The molecular formula is C15H14BrClN2OS. The number of rotatable bonds is 4. The first-order valence-corrected chi connectivity index (χ1v) is 8.35. The van der Waals surface area contributed by atoms with E-state index in [0.717, 1.165) is 14.9 Å². The second-order valence-corrected chi connectivity index (χ2v) is 6.84. The van der Waals surface area contributed by atoms with Crippen molar-refractivity contribution in [2.45, 2.75) is 11.8 Å². The van der Waals surface area contributed by atoms with Crippen LogP contribution < -0.4 is 11.1 Å². The van der Waals surface area contributed by atoms with Gasteiger partial charge < -0.3 is 11.1 Å². The summed E-state index contributed by atoms with van der Waals surface area (Å²) in [6.07, 6.45) is 0. The molecule has 0 fully saturated rings. The molecule has 2 rings (SSSR count). The first-order valence-electron chi connectivity index (χ1n) is 6.19. The van der Waals surface area contributed by atoms with Gasteiger partial charge >= 0.3 is 0 Å². The van der Waals surface area contributed by atoms with Gasteiger partial charge in [-0.15, -0.1) is 11.8 Å². The van der Waals surface area contributed by atoms with Crippen molar-refractivity contribution < 1.29 is 4.79 Å². The zero-order valence-corrected chi connectivity index (χ0v) is 14.5. The number of nitrogens with one attached hydrogen (secondary N) is 1. The number of thioether (sulfide) groups is 1. The fourth-order valence-electron chi connectivity index (χ4n) is 1.68. The SMILES string of the molecule is Cc1ccc(NC(=O)CSc2cc(Br)ccc2N)c(Cl)c1. The maximum Gasteiger partial charge on any atom is 0.234 e.